The molecule has 2 aliphatic heterocycles. The molecule has 4 heterocycles. The van der Waals surface area contributed by atoms with Crippen LogP contribution in [0.5, 0.6) is 0 Å². The van der Waals surface area contributed by atoms with Crippen LogP contribution in [0.1, 0.15) is 55.1 Å². The minimum atomic E-state index is 0.374. The Balaban J connectivity index is 1.12. The number of aliphatic imine (C=N–C) groups is 1. The number of nitrogens with zero attached hydrogens (tertiary/aromatic N) is 7. The number of likely N-dealkylation sites (tertiary alicyclic amines) is 1. The molecule has 2 aromatic heterocycles. The summed E-state index contributed by atoms with van der Waals surface area (Å²) in [6, 6.07) is 4.65. The Morgan fingerprint density at radius 1 is 1.19 bits per heavy atom. The molecule has 1 aliphatic carbocycles. The molecule has 7 heteroatoms. The molecule has 5 rings (SSSR count). The summed E-state index contributed by atoms with van der Waals surface area (Å²) >= 11 is 0. The van der Waals surface area contributed by atoms with Crippen LogP contribution in [0.15, 0.2) is 41.8 Å². The first-order valence-corrected chi connectivity index (χ1v) is 11.7. The van der Waals surface area contributed by atoms with Crippen molar-refractivity contribution in [2.24, 2.45) is 10.9 Å². The Labute approximate surface area is 184 Å². The molecule has 0 bridgehead atoms. The number of hydrogen-bond acceptors (Lipinski definition) is 6. The average molecular weight is 420 g/mol. The molecule has 1 unspecified atom stereocenters. The SMILES string of the molecule is CN(Cc1cn(CC2CCN(CC3=NC=CC3)CC2)nn1)C1CCCc2cccnc21. The number of aryl methyl sites for hydroxylation is 1. The number of hydrogen-bond donors (Lipinski definition) is 0. The second kappa shape index (κ2) is 9.40. The first kappa shape index (κ1) is 20.5. The van der Waals surface area contributed by atoms with E-state index in [0.717, 1.165) is 57.7 Å². The van der Waals surface area contributed by atoms with E-state index >= 15 is 0 Å². The molecule has 2 aromatic rings. The molecule has 0 radical (unpaired) electrons. The van der Waals surface area contributed by atoms with Gasteiger partial charge in [0.05, 0.1) is 17.4 Å². The lowest BCUT2D eigenvalue weighted by molar-refractivity contribution is 0.189. The quantitative estimate of drug-likeness (QED) is 0.689. The van der Waals surface area contributed by atoms with Crippen molar-refractivity contribution in [3.8, 4) is 0 Å². The van der Waals surface area contributed by atoms with Gasteiger partial charge in [-0.3, -0.25) is 24.5 Å². The fraction of sp³-hybridized carbons (Fsp3) is 0.583. The Morgan fingerprint density at radius 2 is 2.10 bits per heavy atom. The van der Waals surface area contributed by atoms with Crippen LogP contribution >= 0.6 is 0 Å². The maximum atomic E-state index is 4.69. The highest BCUT2D eigenvalue weighted by molar-refractivity contribution is 5.89. The Bertz CT molecular complexity index is 939. The van der Waals surface area contributed by atoms with Gasteiger partial charge in [-0.25, -0.2) is 0 Å². The molecule has 164 valence electrons. The van der Waals surface area contributed by atoms with Crippen LogP contribution in [-0.2, 0) is 19.5 Å². The zero-order chi connectivity index (χ0) is 21.0. The van der Waals surface area contributed by atoms with Crippen molar-refractivity contribution < 1.29 is 0 Å². The van der Waals surface area contributed by atoms with Gasteiger partial charge >= 0.3 is 0 Å². The Kier molecular flexibility index (Phi) is 6.22. The van der Waals surface area contributed by atoms with Crippen molar-refractivity contribution in [1.29, 1.82) is 0 Å². The molecule has 1 fully saturated rings. The van der Waals surface area contributed by atoms with Crippen molar-refractivity contribution in [2.75, 3.05) is 26.7 Å². The van der Waals surface area contributed by atoms with E-state index < -0.39 is 0 Å². The fourth-order valence-corrected chi connectivity index (χ4v) is 5.23. The Morgan fingerprint density at radius 3 is 2.94 bits per heavy atom. The van der Waals surface area contributed by atoms with Gasteiger partial charge in [-0.1, -0.05) is 17.4 Å². The molecule has 0 N–H and O–H groups in total. The highest BCUT2D eigenvalue weighted by atomic mass is 15.4. The number of pyridine rings is 1. The van der Waals surface area contributed by atoms with Crippen molar-refractivity contribution in [2.45, 2.75) is 57.7 Å². The molecule has 1 atom stereocenters. The molecule has 0 spiro atoms. The summed E-state index contributed by atoms with van der Waals surface area (Å²) in [6.45, 7) is 5.12. The van der Waals surface area contributed by atoms with Gasteiger partial charge in [0.1, 0.15) is 0 Å². The maximum absolute atomic E-state index is 4.69. The fourth-order valence-electron chi connectivity index (χ4n) is 5.23. The molecule has 0 saturated carbocycles. The standard InChI is InChI=1S/C24H33N7/c1-29(23-8-2-5-20-6-3-12-26-24(20)23)16-22-18-31(28-27-22)15-19-9-13-30(14-10-19)17-21-7-4-11-25-21/h3-4,6,11-12,18-19,23H,2,5,7-10,13-17H2,1H3. The van der Waals surface area contributed by atoms with E-state index in [2.05, 4.69) is 66.2 Å². The lowest BCUT2D eigenvalue weighted by Gasteiger charge is -2.32. The second-order valence-corrected chi connectivity index (χ2v) is 9.31. The van der Waals surface area contributed by atoms with Crippen LogP contribution in [0.25, 0.3) is 0 Å². The largest absolute Gasteiger partial charge is 0.298 e. The van der Waals surface area contributed by atoms with Gasteiger partial charge in [0.2, 0.25) is 0 Å². The molecular formula is C24H33N7. The van der Waals surface area contributed by atoms with Gasteiger partial charge in [0, 0.05) is 50.4 Å². The van der Waals surface area contributed by atoms with Crippen molar-refractivity contribution >= 4 is 5.71 Å². The topological polar surface area (TPSA) is 62.4 Å². The summed E-state index contributed by atoms with van der Waals surface area (Å²) in [5.41, 5.74) is 5.00. The van der Waals surface area contributed by atoms with E-state index in [1.165, 1.54) is 36.2 Å². The number of rotatable bonds is 7. The van der Waals surface area contributed by atoms with Crippen LogP contribution < -0.4 is 0 Å². The van der Waals surface area contributed by atoms with Crippen molar-refractivity contribution in [3.63, 3.8) is 0 Å². The summed E-state index contributed by atoms with van der Waals surface area (Å²) in [7, 11) is 2.19. The van der Waals surface area contributed by atoms with Crippen molar-refractivity contribution in [1.82, 2.24) is 29.8 Å². The normalized spacial score (nSPS) is 22.1. The van der Waals surface area contributed by atoms with Crippen LogP contribution in [-0.4, -0.2) is 62.2 Å². The molecule has 0 amide bonds. The van der Waals surface area contributed by atoms with Crippen LogP contribution in [0.2, 0.25) is 0 Å². The third-order valence-corrected chi connectivity index (χ3v) is 6.97. The summed E-state index contributed by atoms with van der Waals surface area (Å²) < 4.78 is 2.06. The summed E-state index contributed by atoms with van der Waals surface area (Å²) in [4.78, 5) is 14.1. The number of aromatic nitrogens is 4. The van der Waals surface area contributed by atoms with Gasteiger partial charge in [-0.2, -0.15) is 0 Å². The predicted molar refractivity (Wildman–Crippen MR) is 122 cm³/mol. The zero-order valence-corrected chi connectivity index (χ0v) is 18.5. The maximum Gasteiger partial charge on any atom is 0.0967 e. The van der Waals surface area contributed by atoms with Gasteiger partial charge in [-0.15, -0.1) is 5.10 Å². The van der Waals surface area contributed by atoms with Gasteiger partial charge in [0.25, 0.3) is 0 Å². The second-order valence-electron chi connectivity index (χ2n) is 9.31. The van der Waals surface area contributed by atoms with Gasteiger partial charge in [0.15, 0.2) is 0 Å². The van der Waals surface area contributed by atoms with E-state index in [4.69, 9.17) is 0 Å². The number of fused-ring (bicyclic) bond motifs is 1. The minimum absolute atomic E-state index is 0.374. The van der Waals surface area contributed by atoms with Crippen molar-refractivity contribution in [3.05, 3.63) is 53.8 Å². The highest BCUT2D eigenvalue weighted by Gasteiger charge is 2.26. The monoisotopic (exact) mass is 419 g/mol. The predicted octanol–water partition coefficient (Wildman–Crippen LogP) is 3.25. The molecule has 7 nitrogen and oxygen atoms in total. The van der Waals surface area contributed by atoms with Crippen LogP contribution in [0.3, 0.4) is 0 Å². The molecule has 0 aromatic carbocycles. The third kappa shape index (κ3) is 4.93. The van der Waals surface area contributed by atoms with E-state index in [1.807, 2.05) is 12.4 Å². The van der Waals surface area contributed by atoms with Crippen LogP contribution in [0.4, 0.5) is 0 Å². The summed E-state index contributed by atoms with van der Waals surface area (Å²) in [5, 5.41) is 8.91. The average Bonchev–Trinajstić information content (AvgIpc) is 3.47. The van der Waals surface area contributed by atoms with E-state index in [9.17, 15) is 0 Å². The van der Waals surface area contributed by atoms with Crippen LogP contribution in [0, 0.1) is 5.92 Å². The zero-order valence-electron chi connectivity index (χ0n) is 18.5. The molecular weight excluding hydrogens is 386 g/mol. The van der Waals surface area contributed by atoms with Gasteiger partial charge < -0.3 is 0 Å². The summed E-state index contributed by atoms with van der Waals surface area (Å²) in [5.74, 6) is 0.682. The lowest BCUT2D eigenvalue weighted by Crippen LogP contribution is -2.38. The van der Waals surface area contributed by atoms with Gasteiger partial charge in [-0.05, 0) is 69.8 Å². The summed E-state index contributed by atoms with van der Waals surface area (Å²) in [6.07, 6.45) is 15.1. The molecule has 31 heavy (non-hydrogen) atoms. The number of piperidine rings is 1. The molecule has 1 saturated heterocycles. The van der Waals surface area contributed by atoms with E-state index in [-0.39, 0.29) is 0 Å². The minimum Gasteiger partial charge on any atom is -0.298 e. The third-order valence-electron chi connectivity index (χ3n) is 6.97. The number of allylic oxidation sites excluding steroid dienone is 1. The first-order chi connectivity index (χ1) is 15.2. The Hall–Kier alpha value is -2.38. The highest BCUT2D eigenvalue weighted by Crippen LogP contribution is 2.32. The molecule has 3 aliphatic rings. The van der Waals surface area contributed by atoms with E-state index in [0.29, 0.717) is 12.0 Å². The first-order valence-electron chi connectivity index (χ1n) is 11.7. The van der Waals surface area contributed by atoms with E-state index in [1.54, 1.807) is 0 Å². The lowest BCUT2D eigenvalue weighted by atomic mass is 9.91. The smallest absolute Gasteiger partial charge is 0.0967 e.